The van der Waals surface area contributed by atoms with Gasteiger partial charge in [-0.05, 0) is 157 Å². The molecular formula is C108H68N6S2Si. The van der Waals surface area contributed by atoms with Crippen molar-refractivity contribution in [2.45, 2.75) is 0 Å². The highest BCUT2D eigenvalue weighted by atomic mass is 32.1. The van der Waals surface area contributed by atoms with E-state index in [0.717, 1.165) is 71.5 Å². The number of hydrogen-bond donors (Lipinski definition) is 0. The minimum Gasteiger partial charge on any atom is -0.208 e. The molecule has 0 unspecified atom stereocenters. The lowest BCUT2D eigenvalue weighted by atomic mass is 9.92. The maximum absolute atomic E-state index is 5.25. The second kappa shape index (κ2) is 29.1. The van der Waals surface area contributed by atoms with Crippen LogP contribution in [0.25, 0.3) is 197 Å². The Morgan fingerprint density at radius 1 is 0.137 bits per heavy atom. The Kier molecular flexibility index (Phi) is 17.2. The van der Waals surface area contributed by atoms with E-state index >= 15 is 0 Å². The van der Waals surface area contributed by atoms with Crippen LogP contribution in [0.3, 0.4) is 0 Å². The van der Waals surface area contributed by atoms with Crippen LogP contribution in [-0.4, -0.2) is 38.0 Å². The summed E-state index contributed by atoms with van der Waals surface area (Å²) >= 11 is 3.59. The van der Waals surface area contributed by atoms with E-state index in [-0.39, 0.29) is 0 Å². The van der Waals surface area contributed by atoms with Crippen molar-refractivity contribution >= 4 is 124 Å². The highest BCUT2D eigenvalue weighted by Gasteiger charge is 2.41. The monoisotopic (exact) mass is 1540 g/mol. The van der Waals surface area contributed by atoms with Gasteiger partial charge in [0, 0.05) is 73.7 Å². The normalized spacial score (nSPS) is 11.8. The standard InChI is InChI=1S/C108H68N6S2Si/c1-6-21-74(22-7-1)103-109-105(76-45-41-70(42-46-76)69-37-39-72(40-38-69)80-51-58-93-91-35-17-16-33-89(91)90-34-18-19-36-92(90)96(93)64-80)113-107(111-103)84-53-60-95-98-66-82(55-62-100(98)116-102(95)68-84)79-26-20-25-78(63-79)71-43-47-77(48-44-71)106-110-104(75-23-8-2-9-24-75)112-108(114-106)83-52-59-94-97-65-81(54-61-99(97)115-101(94)67-83)73-49-56-88(57-50-73)117(85-27-10-3-11-28-85,86-29-12-4-13-30-86)87-31-14-5-15-32-87/h1-68H. The number of aromatic nitrogens is 6. The minimum absolute atomic E-state index is 0.613. The van der Waals surface area contributed by atoms with Gasteiger partial charge >= 0.3 is 0 Å². The van der Waals surface area contributed by atoms with E-state index in [1.807, 2.05) is 36.4 Å². The third kappa shape index (κ3) is 12.6. The van der Waals surface area contributed by atoms with Crippen molar-refractivity contribution in [1.29, 1.82) is 0 Å². The molecule has 0 aliphatic carbocycles. The van der Waals surface area contributed by atoms with Gasteiger partial charge in [-0.15, -0.1) is 22.7 Å². The molecule has 0 bridgehead atoms. The number of hydrogen-bond acceptors (Lipinski definition) is 8. The fraction of sp³-hybridized carbons (Fsp3) is 0. The average molecular weight is 1540 g/mol. The zero-order valence-electron chi connectivity index (χ0n) is 63.3. The van der Waals surface area contributed by atoms with E-state index in [1.165, 1.54) is 111 Å². The molecule has 0 aliphatic rings. The maximum Gasteiger partial charge on any atom is 0.179 e. The lowest BCUT2D eigenvalue weighted by Gasteiger charge is -2.34. The number of nitrogens with zero attached hydrogens (tertiary/aromatic N) is 6. The summed E-state index contributed by atoms with van der Waals surface area (Å²) in [4.78, 5) is 31.1. The number of benzene rings is 18. The average Bonchev–Trinajstić information content (AvgIpc) is 1.65. The first-order valence-corrected chi connectivity index (χ1v) is 43.1. The van der Waals surface area contributed by atoms with Crippen LogP contribution in [0.15, 0.2) is 413 Å². The van der Waals surface area contributed by atoms with Crippen molar-refractivity contribution in [3.05, 3.63) is 413 Å². The van der Waals surface area contributed by atoms with Crippen molar-refractivity contribution in [3.63, 3.8) is 0 Å². The van der Waals surface area contributed by atoms with Crippen LogP contribution in [0.5, 0.6) is 0 Å². The summed E-state index contributed by atoms with van der Waals surface area (Å²) in [6.07, 6.45) is 0. The zero-order valence-corrected chi connectivity index (χ0v) is 65.9. The highest BCUT2D eigenvalue weighted by molar-refractivity contribution is 7.26. The molecular weight excluding hydrogens is 1470 g/mol. The SMILES string of the molecule is c1ccc(-c2nc(-c3ccc(-c4cccc(-c5ccc6sc7cc(-c8nc(-c9ccccc9)nc(-c9ccc(-c%10ccc(-c%11ccc%12c%13ccccc%13c%13ccccc%13c%12c%11)cc%10)cc9)n8)ccc7c6c5)c4)cc3)nc(-c3ccc4c(c3)sc3ccc(-c5ccc([Si](c6ccccc6)(c6ccccc6)c6ccccc6)cc5)cc34)n2)cc1. The molecule has 9 heteroatoms. The van der Waals surface area contributed by atoms with Crippen LogP contribution in [-0.2, 0) is 0 Å². The fourth-order valence-electron chi connectivity index (χ4n) is 17.3. The summed E-state index contributed by atoms with van der Waals surface area (Å²) < 4.78 is 4.79. The lowest BCUT2D eigenvalue weighted by Crippen LogP contribution is -2.74. The van der Waals surface area contributed by atoms with E-state index < -0.39 is 8.07 Å². The predicted molar refractivity (Wildman–Crippen MR) is 495 cm³/mol. The van der Waals surface area contributed by atoms with Gasteiger partial charge in [-0.25, -0.2) is 29.9 Å². The molecule has 0 radical (unpaired) electrons. The highest BCUT2D eigenvalue weighted by Crippen LogP contribution is 2.43. The summed E-state index contributed by atoms with van der Waals surface area (Å²) in [5.74, 6) is 3.73. The molecule has 0 amide bonds. The summed E-state index contributed by atoms with van der Waals surface area (Å²) in [7, 11) is -2.66. The van der Waals surface area contributed by atoms with E-state index in [2.05, 4.69) is 376 Å². The second-order valence-electron chi connectivity index (χ2n) is 30.0. The summed E-state index contributed by atoms with van der Waals surface area (Å²) in [6, 6.07) is 150. The van der Waals surface area contributed by atoms with Crippen molar-refractivity contribution in [2.75, 3.05) is 0 Å². The first-order chi connectivity index (χ1) is 57.9. The molecule has 0 spiro atoms. The topological polar surface area (TPSA) is 77.3 Å². The molecule has 546 valence electrons. The Morgan fingerprint density at radius 2 is 0.376 bits per heavy atom. The Balaban J connectivity index is 0.522. The predicted octanol–water partition coefficient (Wildman–Crippen LogP) is 26.0. The number of fused-ring (bicyclic) bond motifs is 12. The molecule has 6 nitrogen and oxygen atoms in total. The first-order valence-electron chi connectivity index (χ1n) is 39.5. The third-order valence-corrected chi connectivity index (χ3v) is 30.2. The van der Waals surface area contributed by atoms with Crippen LogP contribution in [0, 0.1) is 0 Å². The molecule has 117 heavy (non-hydrogen) atoms. The van der Waals surface area contributed by atoms with Crippen molar-refractivity contribution in [1.82, 2.24) is 29.9 Å². The van der Waals surface area contributed by atoms with Crippen molar-refractivity contribution in [3.8, 4) is 124 Å². The van der Waals surface area contributed by atoms with Gasteiger partial charge in [0.25, 0.3) is 0 Å². The van der Waals surface area contributed by atoms with E-state index in [9.17, 15) is 0 Å². The molecule has 0 atom stereocenters. The van der Waals surface area contributed by atoms with Crippen molar-refractivity contribution in [2.24, 2.45) is 0 Å². The largest absolute Gasteiger partial charge is 0.208 e. The van der Waals surface area contributed by atoms with Gasteiger partial charge in [-0.1, -0.05) is 364 Å². The Labute approximate surface area is 685 Å². The van der Waals surface area contributed by atoms with E-state index in [1.54, 1.807) is 22.7 Å². The van der Waals surface area contributed by atoms with Gasteiger partial charge in [0.1, 0.15) is 0 Å². The van der Waals surface area contributed by atoms with Gasteiger partial charge in [-0.3, -0.25) is 0 Å². The molecule has 22 rings (SSSR count). The van der Waals surface area contributed by atoms with Crippen LogP contribution in [0.1, 0.15) is 0 Å². The molecule has 0 aliphatic heterocycles. The first kappa shape index (κ1) is 69.2. The second-order valence-corrected chi connectivity index (χ2v) is 36.0. The molecule has 0 saturated carbocycles. The van der Waals surface area contributed by atoms with Gasteiger partial charge < -0.3 is 0 Å². The molecule has 0 saturated heterocycles. The smallest absolute Gasteiger partial charge is 0.179 e. The fourth-order valence-corrected chi connectivity index (χ4v) is 24.3. The zero-order chi connectivity index (χ0) is 77.3. The van der Waals surface area contributed by atoms with Gasteiger partial charge in [0.2, 0.25) is 0 Å². The summed E-state index contributed by atoms with van der Waals surface area (Å²) in [5.41, 5.74) is 17.0. The van der Waals surface area contributed by atoms with Crippen LogP contribution in [0.4, 0.5) is 0 Å². The molecule has 18 aromatic carbocycles. The van der Waals surface area contributed by atoms with Gasteiger partial charge in [0.05, 0.1) is 0 Å². The molecule has 22 aromatic rings. The van der Waals surface area contributed by atoms with E-state index in [0.29, 0.717) is 34.9 Å². The third-order valence-electron chi connectivity index (χ3n) is 23.2. The molecule has 0 N–H and O–H groups in total. The van der Waals surface area contributed by atoms with Crippen LogP contribution in [0.2, 0.25) is 0 Å². The molecule has 0 fully saturated rings. The molecule has 4 aromatic heterocycles. The van der Waals surface area contributed by atoms with Gasteiger partial charge in [-0.2, -0.15) is 0 Å². The summed E-state index contributed by atoms with van der Waals surface area (Å²) in [5, 5.41) is 17.9. The van der Waals surface area contributed by atoms with Crippen LogP contribution >= 0.6 is 22.7 Å². The van der Waals surface area contributed by atoms with Crippen molar-refractivity contribution < 1.29 is 0 Å². The number of rotatable bonds is 15. The van der Waals surface area contributed by atoms with Crippen LogP contribution < -0.4 is 20.7 Å². The maximum atomic E-state index is 5.25. The lowest BCUT2D eigenvalue weighted by molar-refractivity contribution is 1.07. The quantitative estimate of drug-likeness (QED) is 0.0578. The Bertz CT molecular complexity index is 7440. The van der Waals surface area contributed by atoms with E-state index in [4.69, 9.17) is 29.9 Å². The Morgan fingerprint density at radius 3 is 0.778 bits per heavy atom. The Hall–Kier alpha value is -14.6. The minimum atomic E-state index is -2.66. The summed E-state index contributed by atoms with van der Waals surface area (Å²) in [6.45, 7) is 0. The number of thiophene rings is 2. The van der Waals surface area contributed by atoms with Gasteiger partial charge in [0.15, 0.2) is 43.0 Å². The molecule has 4 heterocycles.